The summed E-state index contributed by atoms with van der Waals surface area (Å²) >= 11 is 0. The molecule has 3 N–H and O–H groups in total. The van der Waals surface area contributed by atoms with Crippen LogP contribution in [0.4, 0.5) is 11.5 Å². The minimum Gasteiger partial charge on any atom is -0.394 e. The largest absolute Gasteiger partial charge is 0.394 e. The molecule has 0 radical (unpaired) electrons. The Labute approximate surface area is 105 Å². The average molecular weight is 238 g/mol. The molecule has 0 aliphatic heterocycles. The van der Waals surface area contributed by atoms with Crippen LogP contribution in [0.3, 0.4) is 0 Å². The fourth-order valence-corrected chi connectivity index (χ4v) is 1.94. The van der Waals surface area contributed by atoms with Crippen molar-refractivity contribution in [1.29, 1.82) is 0 Å². The molecule has 1 atom stereocenters. The topological polar surface area (TPSA) is 55.9 Å². The third-order valence-corrected chi connectivity index (χ3v) is 2.98. The van der Waals surface area contributed by atoms with Gasteiger partial charge in [-0.2, -0.15) is 5.10 Å². The van der Waals surface area contributed by atoms with Crippen molar-refractivity contribution in [3.05, 3.63) is 5.69 Å². The molecule has 4 heteroatoms. The Morgan fingerprint density at radius 3 is 2.65 bits per heavy atom. The third-order valence-electron chi connectivity index (χ3n) is 2.98. The van der Waals surface area contributed by atoms with Crippen molar-refractivity contribution < 1.29 is 0 Å². The van der Waals surface area contributed by atoms with Gasteiger partial charge in [-0.1, -0.05) is 26.7 Å². The SMILES string of the molecule is CCCCC(C)Nc1c(N)c(C)nn1CCC. The number of unbranched alkanes of at least 4 members (excludes halogenated alkanes) is 1. The van der Waals surface area contributed by atoms with Gasteiger partial charge in [-0.3, -0.25) is 0 Å². The van der Waals surface area contributed by atoms with Crippen LogP contribution in [0.5, 0.6) is 0 Å². The quantitative estimate of drug-likeness (QED) is 0.767. The molecule has 0 bridgehead atoms. The van der Waals surface area contributed by atoms with E-state index in [2.05, 4.69) is 31.2 Å². The van der Waals surface area contributed by atoms with Crippen LogP contribution < -0.4 is 11.1 Å². The molecule has 1 unspecified atom stereocenters. The van der Waals surface area contributed by atoms with Crippen molar-refractivity contribution in [3.63, 3.8) is 0 Å². The molecular weight excluding hydrogens is 212 g/mol. The Kier molecular flexibility index (Phi) is 5.32. The molecule has 1 rings (SSSR count). The summed E-state index contributed by atoms with van der Waals surface area (Å²) in [6.45, 7) is 9.45. The Bertz CT molecular complexity index is 343. The molecule has 0 saturated carbocycles. The van der Waals surface area contributed by atoms with E-state index in [9.17, 15) is 0 Å². The van der Waals surface area contributed by atoms with Gasteiger partial charge < -0.3 is 11.1 Å². The number of aromatic nitrogens is 2. The summed E-state index contributed by atoms with van der Waals surface area (Å²) in [5, 5.41) is 7.96. The van der Waals surface area contributed by atoms with Gasteiger partial charge >= 0.3 is 0 Å². The molecule has 17 heavy (non-hydrogen) atoms. The number of nitrogen functional groups attached to an aromatic ring is 1. The van der Waals surface area contributed by atoms with Gasteiger partial charge in [0.25, 0.3) is 0 Å². The highest BCUT2D eigenvalue weighted by atomic mass is 15.3. The summed E-state index contributed by atoms with van der Waals surface area (Å²) in [5.74, 6) is 0.993. The maximum absolute atomic E-state index is 6.06. The summed E-state index contributed by atoms with van der Waals surface area (Å²) < 4.78 is 1.99. The van der Waals surface area contributed by atoms with E-state index < -0.39 is 0 Å². The van der Waals surface area contributed by atoms with Crippen molar-refractivity contribution in [2.75, 3.05) is 11.1 Å². The standard InChI is InChI=1S/C13H26N4/c1-5-7-8-10(3)15-13-12(14)11(4)16-17(13)9-6-2/h10,15H,5-9,14H2,1-4H3. The van der Waals surface area contributed by atoms with E-state index in [4.69, 9.17) is 5.73 Å². The zero-order valence-corrected chi connectivity index (χ0v) is 11.6. The van der Waals surface area contributed by atoms with Crippen molar-refractivity contribution in [3.8, 4) is 0 Å². The monoisotopic (exact) mass is 238 g/mol. The van der Waals surface area contributed by atoms with Gasteiger partial charge in [-0.15, -0.1) is 0 Å². The molecule has 98 valence electrons. The summed E-state index contributed by atoms with van der Waals surface area (Å²) in [4.78, 5) is 0. The van der Waals surface area contributed by atoms with Gasteiger partial charge in [0.1, 0.15) is 5.82 Å². The second-order valence-electron chi connectivity index (χ2n) is 4.76. The maximum atomic E-state index is 6.06. The highest BCUT2D eigenvalue weighted by molar-refractivity contribution is 5.65. The van der Waals surface area contributed by atoms with E-state index >= 15 is 0 Å². The van der Waals surface area contributed by atoms with Gasteiger partial charge in [0, 0.05) is 12.6 Å². The Balaban J connectivity index is 2.74. The van der Waals surface area contributed by atoms with Crippen molar-refractivity contribution in [2.24, 2.45) is 0 Å². The van der Waals surface area contributed by atoms with Crippen LogP contribution in [0.1, 0.15) is 52.1 Å². The number of hydrogen-bond acceptors (Lipinski definition) is 3. The number of rotatable bonds is 7. The Morgan fingerprint density at radius 1 is 1.35 bits per heavy atom. The molecule has 4 nitrogen and oxygen atoms in total. The minimum atomic E-state index is 0.448. The number of nitrogens with one attached hydrogen (secondary N) is 1. The van der Waals surface area contributed by atoms with E-state index in [0.29, 0.717) is 6.04 Å². The number of nitrogens with zero attached hydrogens (tertiary/aromatic N) is 2. The molecule has 0 aliphatic carbocycles. The lowest BCUT2D eigenvalue weighted by Crippen LogP contribution is -2.19. The van der Waals surface area contributed by atoms with Crippen LogP contribution in [0.15, 0.2) is 0 Å². The molecule has 0 aliphatic rings. The number of hydrogen-bond donors (Lipinski definition) is 2. The average Bonchev–Trinajstić information content (AvgIpc) is 2.55. The lowest BCUT2D eigenvalue weighted by Gasteiger charge is -2.16. The molecule has 1 aromatic heterocycles. The molecule has 0 fully saturated rings. The summed E-state index contributed by atoms with van der Waals surface area (Å²) in [7, 11) is 0. The molecular formula is C13H26N4. The predicted octanol–water partition coefficient (Wildman–Crippen LogP) is 3.17. The van der Waals surface area contributed by atoms with Gasteiger partial charge in [-0.05, 0) is 26.7 Å². The second kappa shape index (κ2) is 6.52. The Hall–Kier alpha value is -1.19. The van der Waals surface area contributed by atoms with Crippen LogP contribution in [0.2, 0.25) is 0 Å². The number of anilines is 2. The van der Waals surface area contributed by atoms with Gasteiger partial charge in [0.05, 0.1) is 11.4 Å². The van der Waals surface area contributed by atoms with E-state index in [0.717, 1.165) is 30.2 Å². The lowest BCUT2D eigenvalue weighted by molar-refractivity contribution is 0.587. The molecule has 0 saturated heterocycles. The highest BCUT2D eigenvalue weighted by Crippen LogP contribution is 2.24. The summed E-state index contributed by atoms with van der Waals surface area (Å²) in [6, 6.07) is 0.448. The zero-order chi connectivity index (χ0) is 12.8. The second-order valence-corrected chi connectivity index (χ2v) is 4.76. The normalized spacial score (nSPS) is 12.7. The van der Waals surface area contributed by atoms with Crippen LogP contribution in [-0.4, -0.2) is 15.8 Å². The number of aryl methyl sites for hydroxylation is 2. The smallest absolute Gasteiger partial charge is 0.148 e. The minimum absolute atomic E-state index is 0.448. The maximum Gasteiger partial charge on any atom is 0.148 e. The Morgan fingerprint density at radius 2 is 2.06 bits per heavy atom. The highest BCUT2D eigenvalue weighted by Gasteiger charge is 2.13. The predicted molar refractivity (Wildman–Crippen MR) is 74.3 cm³/mol. The van der Waals surface area contributed by atoms with Crippen molar-refractivity contribution in [1.82, 2.24) is 9.78 Å². The lowest BCUT2D eigenvalue weighted by atomic mass is 10.1. The van der Waals surface area contributed by atoms with Crippen LogP contribution in [-0.2, 0) is 6.54 Å². The third kappa shape index (κ3) is 3.65. The number of nitrogens with two attached hydrogens (primary N) is 1. The van der Waals surface area contributed by atoms with Gasteiger partial charge in [0.2, 0.25) is 0 Å². The summed E-state index contributed by atoms with van der Waals surface area (Å²) in [6.07, 6.45) is 4.72. The molecule has 1 aromatic rings. The van der Waals surface area contributed by atoms with E-state index in [1.54, 1.807) is 0 Å². The van der Waals surface area contributed by atoms with E-state index in [1.165, 1.54) is 19.3 Å². The van der Waals surface area contributed by atoms with E-state index in [-0.39, 0.29) is 0 Å². The first-order valence-electron chi connectivity index (χ1n) is 6.69. The van der Waals surface area contributed by atoms with E-state index in [1.807, 2.05) is 11.6 Å². The van der Waals surface area contributed by atoms with Crippen molar-refractivity contribution >= 4 is 11.5 Å². The fraction of sp³-hybridized carbons (Fsp3) is 0.769. The fourth-order valence-electron chi connectivity index (χ4n) is 1.94. The first-order valence-corrected chi connectivity index (χ1v) is 6.69. The van der Waals surface area contributed by atoms with Crippen LogP contribution >= 0.6 is 0 Å². The molecule has 0 spiro atoms. The van der Waals surface area contributed by atoms with Crippen LogP contribution in [0.25, 0.3) is 0 Å². The van der Waals surface area contributed by atoms with Gasteiger partial charge in [0.15, 0.2) is 0 Å². The first kappa shape index (κ1) is 13.9. The molecule has 0 amide bonds. The van der Waals surface area contributed by atoms with Crippen LogP contribution in [0, 0.1) is 6.92 Å². The van der Waals surface area contributed by atoms with Crippen molar-refractivity contribution in [2.45, 2.75) is 66.0 Å². The van der Waals surface area contributed by atoms with Gasteiger partial charge in [-0.25, -0.2) is 4.68 Å². The molecule has 1 heterocycles. The molecule has 0 aromatic carbocycles. The summed E-state index contributed by atoms with van der Waals surface area (Å²) in [5.41, 5.74) is 7.78. The first-order chi connectivity index (χ1) is 8.10. The zero-order valence-electron chi connectivity index (χ0n) is 11.6.